The monoisotopic (exact) mass is 255 g/mol. The maximum absolute atomic E-state index is 11.8. The summed E-state index contributed by atoms with van der Waals surface area (Å²) in [5, 5.41) is 2.94. The molecule has 1 saturated carbocycles. The quantitative estimate of drug-likeness (QED) is 0.779. The van der Waals surface area contributed by atoms with Crippen LogP contribution in [-0.4, -0.2) is 43.0 Å². The topological polar surface area (TPSA) is 58.4 Å². The highest BCUT2D eigenvalue weighted by atomic mass is 16.2. The molecule has 0 heterocycles. The van der Waals surface area contributed by atoms with Crippen LogP contribution >= 0.6 is 0 Å². The van der Waals surface area contributed by atoms with Gasteiger partial charge in [-0.15, -0.1) is 0 Å². The maximum atomic E-state index is 11.8. The van der Waals surface area contributed by atoms with Crippen LogP contribution in [0.4, 0.5) is 0 Å². The van der Waals surface area contributed by atoms with E-state index in [0.29, 0.717) is 12.6 Å². The van der Waals surface area contributed by atoms with E-state index in [1.54, 1.807) is 0 Å². The minimum absolute atomic E-state index is 0.0395. The minimum atomic E-state index is -0.436. The Morgan fingerprint density at radius 1 is 1.39 bits per heavy atom. The zero-order valence-corrected chi connectivity index (χ0v) is 12.3. The number of hydrogen-bond acceptors (Lipinski definition) is 3. The summed E-state index contributed by atoms with van der Waals surface area (Å²) in [6, 6.07) is 0.271. The molecule has 18 heavy (non-hydrogen) atoms. The zero-order valence-electron chi connectivity index (χ0n) is 12.3. The minimum Gasteiger partial charge on any atom is -0.353 e. The van der Waals surface area contributed by atoms with Crippen molar-refractivity contribution < 1.29 is 4.79 Å². The Morgan fingerprint density at radius 3 is 2.44 bits per heavy atom. The van der Waals surface area contributed by atoms with E-state index in [2.05, 4.69) is 17.3 Å². The third-order valence-corrected chi connectivity index (χ3v) is 3.93. The number of nitrogens with zero attached hydrogens (tertiary/aromatic N) is 1. The predicted molar refractivity (Wildman–Crippen MR) is 75.3 cm³/mol. The molecule has 0 bridgehead atoms. The smallest absolute Gasteiger partial charge is 0.237 e. The van der Waals surface area contributed by atoms with Gasteiger partial charge in [0.1, 0.15) is 0 Å². The first kappa shape index (κ1) is 15.4. The van der Waals surface area contributed by atoms with Crippen molar-refractivity contribution in [1.82, 2.24) is 10.2 Å². The molecule has 4 nitrogen and oxygen atoms in total. The molecule has 1 amide bonds. The van der Waals surface area contributed by atoms with E-state index in [1.165, 1.54) is 25.7 Å². The van der Waals surface area contributed by atoms with Crippen LogP contribution in [0.1, 0.15) is 46.5 Å². The molecule has 1 aliphatic carbocycles. The number of likely N-dealkylation sites (N-methyl/N-ethyl adjacent to an activating group) is 1. The van der Waals surface area contributed by atoms with Crippen molar-refractivity contribution in [1.29, 1.82) is 0 Å². The lowest BCUT2D eigenvalue weighted by Gasteiger charge is -2.27. The number of nitrogens with one attached hydrogen (secondary N) is 1. The van der Waals surface area contributed by atoms with Gasteiger partial charge in [-0.1, -0.05) is 33.6 Å². The van der Waals surface area contributed by atoms with Crippen LogP contribution in [0.25, 0.3) is 0 Å². The first-order valence-corrected chi connectivity index (χ1v) is 7.06. The van der Waals surface area contributed by atoms with Gasteiger partial charge in [-0.3, -0.25) is 4.79 Å². The van der Waals surface area contributed by atoms with E-state index in [0.717, 1.165) is 6.54 Å². The second kappa shape index (κ2) is 6.53. The Bertz CT molecular complexity index is 267. The average molecular weight is 255 g/mol. The average Bonchev–Trinajstić information content (AvgIpc) is 2.79. The largest absolute Gasteiger partial charge is 0.353 e. The first-order chi connectivity index (χ1) is 8.32. The molecular formula is C14H29N3O. The number of carbonyl (C=O) groups excluding carboxylic acids is 1. The van der Waals surface area contributed by atoms with Gasteiger partial charge < -0.3 is 16.0 Å². The number of amides is 1. The second-order valence-corrected chi connectivity index (χ2v) is 6.55. The summed E-state index contributed by atoms with van der Waals surface area (Å²) in [6.07, 6.45) is 5.28. The van der Waals surface area contributed by atoms with Crippen LogP contribution in [0.5, 0.6) is 0 Å². The van der Waals surface area contributed by atoms with Gasteiger partial charge in [0.05, 0.1) is 6.04 Å². The molecule has 0 aromatic rings. The van der Waals surface area contributed by atoms with E-state index < -0.39 is 6.04 Å². The SMILES string of the molecule is CN(CCNC(=O)C(N)C(C)(C)C)C1CCCC1. The van der Waals surface area contributed by atoms with Crippen molar-refractivity contribution >= 4 is 5.91 Å². The van der Waals surface area contributed by atoms with Gasteiger partial charge in [-0.25, -0.2) is 0 Å². The van der Waals surface area contributed by atoms with Crippen molar-refractivity contribution in [3.63, 3.8) is 0 Å². The molecule has 0 radical (unpaired) electrons. The van der Waals surface area contributed by atoms with Crippen LogP contribution in [0.2, 0.25) is 0 Å². The molecule has 4 heteroatoms. The van der Waals surface area contributed by atoms with E-state index in [4.69, 9.17) is 5.73 Å². The van der Waals surface area contributed by atoms with Crippen molar-refractivity contribution in [3.8, 4) is 0 Å². The van der Waals surface area contributed by atoms with Crippen LogP contribution in [0.15, 0.2) is 0 Å². The van der Waals surface area contributed by atoms with Gasteiger partial charge in [0, 0.05) is 19.1 Å². The molecule has 0 spiro atoms. The van der Waals surface area contributed by atoms with Gasteiger partial charge in [0.2, 0.25) is 5.91 Å². The summed E-state index contributed by atoms with van der Waals surface area (Å²) in [7, 11) is 2.14. The highest BCUT2D eigenvalue weighted by molar-refractivity contribution is 5.82. The van der Waals surface area contributed by atoms with Gasteiger partial charge in [0.15, 0.2) is 0 Å². The predicted octanol–water partition coefficient (Wildman–Crippen LogP) is 1.35. The second-order valence-electron chi connectivity index (χ2n) is 6.55. The fourth-order valence-electron chi connectivity index (χ4n) is 2.39. The lowest BCUT2D eigenvalue weighted by Crippen LogP contribution is -2.50. The highest BCUT2D eigenvalue weighted by Gasteiger charge is 2.27. The van der Waals surface area contributed by atoms with Crippen molar-refractivity contribution in [2.24, 2.45) is 11.1 Å². The van der Waals surface area contributed by atoms with Crippen LogP contribution in [-0.2, 0) is 4.79 Å². The molecule has 0 aromatic carbocycles. The summed E-state index contributed by atoms with van der Waals surface area (Å²) in [5.74, 6) is -0.0395. The Balaban J connectivity index is 2.22. The molecule has 1 rings (SSSR count). The molecule has 1 aliphatic rings. The Morgan fingerprint density at radius 2 is 1.94 bits per heavy atom. The first-order valence-electron chi connectivity index (χ1n) is 7.06. The molecule has 1 atom stereocenters. The third-order valence-electron chi connectivity index (χ3n) is 3.93. The molecule has 1 unspecified atom stereocenters. The number of carbonyl (C=O) groups is 1. The summed E-state index contributed by atoms with van der Waals surface area (Å²) in [5.41, 5.74) is 5.73. The fourth-order valence-corrected chi connectivity index (χ4v) is 2.39. The summed E-state index contributed by atoms with van der Waals surface area (Å²) >= 11 is 0. The molecule has 1 fully saturated rings. The standard InChI is InChI=1S/C14H29N3O/c1-14(2,3)12(15)13(18)16-9-10-17(4)11-7-5-6-8-11/h11-12H,5-10,15H2,1-4H3,(H,16,18). The van der Waals surface area contributed by atoms with Crippen molar-refractivity contribution in [3.05, 3.63) is 0 Å². The van der Waals surface area contributed by atoms with Crippen LogP contribution in [0.3, 0.4) is 0 Å². The molecule has 0 aromatic heterocycles. The van der Waals surface area contributed by atoms with E-state index in [9.17, 15) is 4.79 Å². The highest BCUT2D eigenvalue weighted by Crippen LogP contribution is 2.21. The van der Waals surface area contributed by atoms with E-state index >= 15 is 0 Å². The molecule has 0 aliphatic heterocycles. The lowest BCUT2D eigenvalue weighted by molar-refractivity contribution is -0.124. The fraction of sp³-hybridized carbons (Fsp3) is 0.929. The molecule has 0 saturated heterocycles. The zero-order chi connectivity index (χ0) is 13.8. The third kappa shape index (κ3) is 4.58. The Kier molecular flexibility index (Phi) is 5.60. The van der Waals surface area contributed by atoms with Crippen molar-refractivity contribution in [2.75, 3.05) is 20.1 Å². The number of nitrogens with two attached hydrogens (primary N) is 1. The van der Waals surface area contributed by atoms with Gasteiger partial charge in [-0.2, -0.15) is 0 Å². The maximum Gasteiger partial charge on any atom is 0.237 e. The Labute approximate surface area is 111 Å². The van der Waals surface area contributed by atoms with Gasteiger partial charge in [-0.05, 0) is 25.3 Å². The summed E-state index contributed by atoms with van der Waals surface area (Å²) < 4.78 is 0. The summed E-state index contributed by atoms with van der Waals surface area (Å²) in [4.78, 5) is 14.2. The van der Waals surface area contributed by atoms with E-state index in [-0.39, 0.29) is 11.3 Å². The molecule has 3 N–H and O–H groups in total. The molecule has 106 valence electrons. The Hall–Kier alpha value is -0.610. The van der Waals surface area contributed by atoms with Crippen LogP contribution < -0.4 is 11.1 Å². The van der Waals surface area contributed by atoms with Gasteiger partial charge >= 0.3 is 0 Å². The number of rotatable bonds is 5. The lowest BCUT2D eigenvalue weighted by atomic mass is 9.87. The van der Waals surface area contributed by atoms with Gasteiger partial charge in [0.25, 0.3) is 0 Å². The molecular weight excluding hydrogens is 226 g/mol. The normalized spacial score (nSPS) is 19.2. The van der Waals surface area contributed by atoms with Crippen molar-refractivity contribution in [2.45, 2.75) is 58.5 Å². The van der Waals surface area contributed by atoms with E-state index in [1.807, 2.05) is 20.8 Å². The summed E-state index contributed by atoms with van der Waals surface area (Å²) in [6.45, 7) is 7.56. The number of hydrogen-bond donors (Lipinski definition) is 2. The van der Waals surface area contributed by atoms with Crippen LogP contribution in [0, 0.1) is 5.41 Å².